The van der Waals surface area contributed by atoms with E-state index < -0.39 is 5.82 Å². The van der Waals surface area contributed by atoms with Crippen LogP contribution < -0.4 is 10.5 Å². The van der Waals surface area contributed by atoms with Gasteiger partial charge in [0, 0.05) is 6.07 Å². The smallest absolute Gasteiger partial charge is 0.149 e. The van der Waals surface area contributed by atoms with Gasteiger partial charge >= 0.3 is 0 Å². The summed E-state index contributed by atoms with van der Waals surface area (Å²) in [7, 11) is 0. The first-order chi connectivity index (χ1) is 6.74. The van der Waals surface area contributed by atoms with E-state index in [0.29, 0.717) is 12.4 Å². The molecule has 14 heavy (non-hydrogen) atoms. The minimum Gasteiger partial charge on any atom is -0.493 e. The van der Waals surface area contributed by atoms with Crippen molar-refractivity contribution >= 4 is 5.69 Å². The molecule has 0 radical (unpaired) electrons. The van der Waals surface area contributed by atoms with E-state index in [9.17, 15) is 4.39 Å². The van der Waals surface area contributed by atoms with E-state index in [2.05, 4.69) is 6.92 Å². The van der Waals surface area contributed by atoms with E-state index in [0.717, 1.165) is 19.3 Å². The molecule has 0 heterocycles. The summed E-state index contributed by atoms with van der Waals surface area (Å²) in [5.74, 6) is 0.130. The normalized spacial score (nSPS) is 10.1. The highest BCUT2D eigenvalue weighted by molar-refractivity contribution is 5.43. The third kappa shape index (κ3) is 3.24. The van der Waals surface area contributed by atoms with Crippen LogP contribution in [0, 0.1) is 5.82 Å². The molecule has 2 N–H and O–H groups in total. The van der Waals surface area contributed by atoms with Crippen molar-refractivity contribution in [1.82, 2.24) is 0 Å². The fourth-order valence-electron chi connectivity index (χ4n) is 1.14. The van der Waals surface area contributed by atoms with Crippen molar-refractivity contribution in [1.29, 1.82) is 0 Å². The summed E-state index contributed by atoms with van der Waals surface area (Å²) in [6.45, 7) is 2.76. The van der Waals surface area contributed by atoms with Crippen molar-refractivity contribution < 1.29 is 9.13 Å². The summed E-state index contributed by atoms with van der Waals surface area (Å²) < 4.78 is 18.3. The Balaban J connectivity index is 2.39. The molecule has 0 unspecified atom stereocenters. The summed E-state index contributed by atoms with van der Waals surface area (Å²) in [5, 5.41) is 0. The predicted molar refractivity (Wildman–Crippen MR) is 55.8 cm³/mol. The second-order valence-corrected chi connectivity index (χ2v) is 3.24. The highest BCUT2D eigenvalue weighted by Crippen LogP contribution is 2.18. The topological polar surface area (TPSA) is 35.2 Å². The molecular formula is C11H16FNO. The van der Waals surface area contributed by atoms with Gasteiger partial charge in [0.2, 0.25) is 0 Å². The highest BCUT2D eigenvalue weighted by atomic mass is 19.1. The average Bonchev–Trinajstić information content (AvgIpc) is 2.18. The number of ether oxygens (including phenoxy) is 1. The van der Waals surface area contributed by atoms with Crippen LogP contribution in [0.2, 0.25) is 0 Å². The highest BCUT2D eigenvalue weighted by Gasteiger charge is 2.00. The van der Waals surface area contributed by atoms with Gasteiger partial charge in [-0.05, 0) is 18.6 Å². The molecule has 0 amide bonds. The summed E-state index contributed by atoms with van der Waals surface area (Å²) >= 11 is 0. The summed E-state index contributed by atoms with van der Waals surface area (Å²) in [4.78, 5) is 0. The van der Waals surface area contributed by atoms with Crippen LogP contribution in [0.4, 0.5) is 10.1 Å². The van der Waals surface area contributed by atoms with Gasteiger partial charge in [0.1, 0.15) is 11.6 Å². The van der Waals surface area contributed by atoms with Crippen molar-refractivity contribution in [3.05, 3.63) is 24.0 Å². The van der Waals surface area contributed by atoms with E-state index in [4.69, 9.17) is 10.5 Å². The molecule has 0 aliphatic carbocycles. The molecule has 1 aromatic rings. The number of nitrogen functional groups attached to an aromatic ring is 1. The zero-order valence-corrected chi connectivity index (χ0v) is 8.42. The molecule has 0 saturated carbocycles. The summed E-state index contributed by atoms with van der Waals surface area (Å²) in [6.07, 6.45) is 3.29. The van der Waals surface area contributed by atoms with Crippen LogP contribution >= 0.6 is 0 Å². The van der Waals surface area contributed by atoms with Gasteiger partial charge in [-0.15, -0.1) is 0 Å². The molecule has 0 aliphatic heterocycles. The van der Waals surface area contributed by atoms with Gasteiger partial charge in [0.15, 0.2) is 0 Å². The monoisotopic (exact) mass is 197 g/mol. The van der Waals surface area contributed by atoms with Gasteiger partial charge in [-0.2, -0.15) is 0 Å². The number of anilines is 1. The third-order valence-corrected chi connectivity index (χ3v) is 1.99. The summed E-state index contributed by atoms with van der Waals surface area (Å²) in [6, 6.07) is 4.52. The lowest BCUT2D eigenvalue weighted by molar-refractivity contribution is 0.305. The Morgan fingerprint density at radius 3 is 2.79 bits per heavy atom. The first-order valence-corrected chi connectivity index (χ1v) is 4.92. The van der Waals surface area contributed by atoms with Crippen LogP contribution in [0.3, 0.4) is 0 Å². The molecule has 0 aliphatic rings. The quantitative estimate of drug-likeness (QED) is 0.581. The Morgan fingerprint density at radius 2 is 2.14 bits per heavy atom. The fraction of sp³-hybridized carbons (Fsp3) is 0.455. The number of nitrogens with two attached hydrogens (primary N) is 1. The SMILES string of the molecule is CCCCCOc1ccc(N)c(F)c1. The van der Waals surface area contributed by atoms with Crippen molar-refractivity contribution in [3.8, 4) is 5.75 Å². The van der Waals surface area contributed by atoms with Gasteiger partial charge in [-0.25, -0.2) is 4.39 Å². The first kappa shape index (κ1) is 10.8. The van der Waals surface area contributed by atoms with Crippen molar-refractivity contribution in [2.24, 2.45) is 0 Å². The van der Waals surface area contributed by atoms with E-state index in [-0.39, 0.29) is 5.69 Å². The maximum Gasteiger partial charge on any atom is 0.149 e. The zero-order valence-electron chi connectivity index (χ0n) is 8.42. The average molecular weight is 197 g/mol. The number of benzene rings is 1. The lowest BCUT2D eigenvalue weighted by Crippen LogP contribution is -1.98. The second kappa shape index (κ2) is 5.47. The van der Waals surface area contributed by atoms with Crippen molar-refractivity contribution in [3.63, 3.8) is 0 Å². The van der Waals surface area contributed by atoms with E-state index >= 15 is 0 Å². The standard InChI is InChI=1S/C11H16FNO/c1-2-3-4-7-14-9-5-6-11(13)10(12)8-9/h5-6,8H,2-4,7,13H2,1H3. The van der Waals surface area contributed by atoms with Crippen LogP contribution in [0.15, 0.2) is 18.2 Å². The number of halogens is 1. The molecule has 0 aromatic heterocycles. The van der Waals surface area contributed by atoms with Gasteiger partial charge < -0.3 is 10.5 Å². The lowest BCUT2D eigenvalue weighted by atomic mass is 10.2. The van der Waals surface area contributed by atoms with Gasteiger partial charge in [-0.1, -0.05) is 19.8 Å². The van der Waals surface area contributed by atoms with E-state index in [1.807, 2.05) is 0 Å². The number of unbranched alkanes of at least 4 members (excludes halogenated alkanes) is 2. The van der Waals surface area contributed by atoms with E-state index in [1.165, 1.54) is 12.1 Å². The minimum absolute atomic E-state index is 0.158. The Bertz CT molecular complexity index is 289. The molecule has 1 rings (SSSR count). The largest absolute Gasteiger partial charge is 0.493 e. The molecule has 0 bridgehead atoms. The second-order valence-electron chi connectivity index (χ2n) is 3.24. The molecule has 1 aromatic carbocycles. The molecule has 78 valence electrons. The maximum atomic E-state index is 12.9. The minimum atomic E-state index is -0.419. The summed E-state index contributed by atoms with van der Waals surface area (Å²) in [5.41, 5.74) is 5.49. The van der Waals surface area contributed by atoms with Gasteiger partial charge in [-0.3, -0.25) is 0 Å². The van der Waals surface area contributed by atoms with Crippen LogP contribution in [0.1, 0.15) is 26.2 Å². The van der Waals surface area contributed by atoms with Crippen LogP contribution in [0.5, 0.6) is 5.75 Å². The molecule has 0 saturated heterocycles. The number of hydrogen-bond donors (Lipinski definition) is 1. The lowest BCUT2D eigenvalue weighted by Gasteiger charge is -2.06. The van der Waals surface area contributed by atoms with Crippen molar-refractivity contribution in [2.75, 3.05) is 12.3 Å². The van der Waals surface area contributed by atoms with Gasteiger partial charge in [0.05, 0.1) is 12.3 Å². The van der Waals surface area contributed by atoms with Crippen LogP contribution in [0.25, 0.3) is 0 Å². The molecule has 0 atom stereocenters. The van der Waals surface area contributed by atoms with Crippen LogP contribution in [-0.2, 0) is 0 Å². The number of rotatable bonds is 5. The van der Waals surface area contributed by atoms with Gasteiger partial charge in [0.25, 0.3) is 0 Å². The first-order valence-electron chi connectivity index (χ1n) is 4.92. The Morgan fingerprint density at radius 1 is 1.36 bits per heavy atom. The Kier molecular flexibility index (Phi) is 4.23. The predicted octanol–water partition coefficient (Wildman–Crippen LogP) is 2.98. The van der Waals surface area contributed by atoms with Crippen molar-refractivity contribution in [2.45, 2.75) is 26.2 Å². The Hall–Kier alpha value is -1.25. The third-order valence-electron chi connectivity index (χ3n) is 1.99. The molecule has 0 spiro atoms. The zero-order chi connectivity index (χ0) is 10.4. The molecular weight excluding hydrogens is 181 g/mol. The Labute approximate surface area is 83.9 Å². The van der Waals surface area contributed by atoms with Crippen LogP contribution in [-0.4, -0.2) is 6.61 Å². The molecule has 3 heteroatoms. The molecule has 0 fully saturated rings. The maximum absolute atomic E-state index is 12.9. The number of hydrogen-bond acceptors (Lipinski definition) is 2. The molecule has 2 nitrogen and oxygen atoms in total. The fourth-order valence-corrected chi connectivity index (χ4v) is 1.14. The van der Waals surface area contributed by atoms with E-state index in [1.54, 1.807) is 6.07 Å².